The van der Waals surface area contributed by atoms with Crippen LogP contribution in [0, 0.1) is 24.0 Å². The van der Waals surface area contributed by atoms with Gasteiger partial charge in [0, 0.05) is 44.4 Å². The van der Waals surface area contributed by atoms with Gasteiger partial charge in [-0.15, -0.1) is 0 Å². The fourth-order valence-electron chi connectivity index (χ4n) is 4.21. The lowest BCUT2D eigenvalue weighted by Crippen LogP contribution is -2.40. The number of aromatic nitrogens is 2. The summed E-state index contributed by atoms with van der Waals surface area (Å²) in [6, 6.07) is 10.8. The van der Waals surface area contributed by atoms with Crippen LogP contribution in [0.1, 0.15) is 35.0 Å². The van der Waals surface area contributed by atoms with Crippen molar-refractivity contribution < 1.29 is 27.6 Å². The number of nitro benzene ring substituents is 1. The Morgan fingerprint density at radius 1 is 1.15 bits per heavy atom. The minimum absolute atomic E-state index is 0.104. The van der Waals surface area contributed by atoms with Crippen LogP contribution in [0.3, 0.4) is 0 Å². The van der Waals surface area contributed by atoms with Crippen LogP contribution in [-0.4, -0.2) is 78.1 Å². The number of carbonyl (C=O) groups is 1. The fraction of sp³-hybridized carbons (Fsp3) is 0.385. The minimum Gasteiger partial charge on any atom is -0.437 e. The first-order valence-electron chi connectivity index (χ1n) is 12.5. The third-order valence-electron chi connectivity index (χ3n) is 6.39. The zero-order valence-electron chi connectivity index (χ0n) is 22.3. The molecule has 0 atom stereocenters. The number of sulfonamides is 1. The third kappa shape index (κ3) is 5.79. The Morgan fingerprint density at radius 2 is 1.82 bits per heavy atom. The number of rotatable bonds is 9. The Balaban J connectivity index is 1.87. The summed E-state index contributed by atoms with van der Waals surface area (Å²) in [5.41, 5.74) is 1.77. The molecular weight excluding hydrogens is 526 g/mol. The standard InChI is InChI=1S/C26H31N5O7S/c1-5-12-28(4)25(32)24-19(3)26(30(27-24)20-8-6-18(2)7-9-20)38-22-11-10-21(31(33)34)17-23(22)39(35,36)29-13-15-37-16-14-29/h6-11,17H,5,12-16H2,1-4H3. The summed E-state index contributed by atoms with van der Waals surface area (Å²) in [5.74, 6) is -0.307. The molecule has 0 N–H and O–H groups in total. The van der Waals surface area contributed by atoms with Gasteiger partial charge in [0.05, 0.1) is 23.8 Å². The Bertz CT molecular complexity index is 1480. The minimum atomic E-state index is -4.18. The van der Waals surface area contributed by atoms with E-state index in [-0.39, 0.29) is 54.4 Å². The van der Waals surface area contributed by atoms with Crippen molar-refractivity contribution >= 4 is 21.6 Å². The molecule has 1 aliphatic heterocycles. The molecule has 13 heteroatoms. The number of carbonyl (C=O) groups excluding carboxylic acids is 1. The van der Waals surface area contributed by atoms with E-state index in [4.69, 9.17) is 9.47 Å². The average Bonchev–Trinajstić information content (AvgIpc) is 3.24. The van der Waals surface area contributed by atoms with Crippen molar-refractivity contribution in [2.75, 3.05) is 39.9 Å². The lowest BCUT2D eigenvalue weighted by atomic mass is 10.2. The second kappa shape index (κ2) is 11.5. The van der Waals surface area contributed by atoms with Gasteiger partial charge in [0.2, 0.25) is 15.9 Å². The first-order valence-corrected chi connectivity index (χ1v) is 13.9. The molecule has 0 unspecified atom stereocenters. The topological polar surface area (TPSA) is 137 Å². The van der Waals surface area contributed by atoms with Crippen LogP contribution in [0.5, 0.6) is 11.6 Å². The lowest BCUT2D eigenvalue weighted by Gasteiger charge is -2.26. The molecule has 0 saturated carbocycles. The summed E-state index contributed by atoms with van der Waals surface area (Å²) in [4.78, 5) is 25.3. The van der Waals surface area contributed by atoms with Crippen LogP contribution in [0.4, 0.5) is 5.69 Å². The van der Waals surface area contributed by atoms with E-state index in [0.717, 1.165) is 18.1 Å². The van der Waals surface area contributed by atoms with Gasteiger partial charge in [-0.25, -0.2) is 8.42 Å². The van der Waals surface area contributed by atoms with Crippen LogP contribution in [0.15, 0.2) is 47.4 Å². The molecular formula is C26H31N5O7S. The van der Waals surface area contributed by atoms with E-state index in [1.165, 1.54) is 21.1 Å². The predicted molar refractivity (Wildman–Crippen MR) is 143 cm³/mol. The van der Waals surface area contributed by atoms with Crippen molar-refractivity contribution in [3.8, 4) is 17.3 Å². The third-order valence-corrected chi connectivity index (χ3v) is 8.31. The molecule has 0 aliphatic carbocycles. The number of benzene rings is 2. The SMILES string of the molecule is CCCN(C)C(=O)c1nn(-c2ccc(C)cc2)c(Oc2ccc([N+](=O)[O-])cc2S(=O)(=O)N2CCOCC2)c1C. The fourth-order valence-corrected chi connectivity index (χ4v) is 5.75. The van der Waals surface area contributed by atoms with Crippen molar-refractivity contribution in [2.45, 2.75) is 32.1 Å². The number of amides is 1. The molecule has 0 radical (unpaired) electrons. The summed E-state index contributed by atoms with van der Waals surface area (Å²) in [6.07, 6.45) is 0.759. The molecule has 1 aliphatic rings. The zero-order chi connectivity index (χ0) is 28.3. The Morgan fingerprint density at radius 3 is 2.44 bits per heavy atom. The largest absolute Gasteiger partial charge is 0.437 e. The van der Waals surface area contributed by atoms with E-state index in [2.05, 4.69) is 5.10 Å². The monoisotopic (exact) mass is 557 g/mol. The van der Waals surface area contributed by atoms with Crippen molar-refractivity contribution in [1.82, 2.24) is 19.0 Å². The van der Waals surface area contributed by atoms with Crippen molar-refractivity contribution in [3.63, 3.8) is 0 Å². The number of ether oxygens (including phenoxy) is 2. The second-order valence-corrected chi connectivity index (χ2v) is 11.2. The molecule has 2 aromatic carbocycles. The molecule has 208 valence electrons. The summed E-state index contributed by atoms with van der Waals surface area (Å²) in [6.45, 7) is 6.71. The van der Waals surface area contributed by atoms with Crippen LogP contribution in [0.25, 0.3) is 5.69 Å². The average molecular weight is 558 g/mol. The molecule has 0 spiro atoms. The van der Waals surface area contributed by atoms with Gasteiger partial charge >= 0.3 is 0 Å². The van der Waals surface area contributed by atoms with Crippen molar-refractivity contribution in [1.29, 1.82) is 0 Å². The molecule has 0 bridgehead atoms. The molecule has 39 heavy (non-hydrogen) atoms. The van der Waals surface area contributed by atoms with Crippen molar-refractivity contribution in [2.24, 2.45) is 0 Å². The van der Waals surface area contributed by atoms with Gasteiger partial charge in [-0.1, -0.05) is 24.6 Å². The van der Waals surface area contributed by atoms with Gasteiger partial charge in [0.15, 0.2) is 5.69 Å². The van der Waals surface area contributed by atoms with E-state index in [0.29, 0.717) is 17.8 Å². The summed E-state index contributed by atoms with van der Waals surface area (Å²) in [7, 11) is -2.50. The Labute approximate surface area is 226 Å². The number of hydrogen-bond donors (Lipinski definition) is 0. The van der Waals surface area contributed by atoms with Gasteiger partial charge in [-0.05, 0) is 38.5 Å². The number of nitrogens with zero attached hydrogens (tertiary/aromatic N) is 5. The maximum absolute atomic E-state index is 13.6. The normalized spacial score (nSPS) is 14.3. The molecule has 1 amide bonds. The smallest absolute Gasteiger partial charge is 0.274 e. The summed E-state index contributed by atoms with van der Waals surface area (Å²) >= 11 is 0. The Kier molecular flexibility index (Phi) is 8.33. The van der Waals surface area contributed by atoms with Crippen LogP contribution >= 0.6 is 0 Å². The van der Waals surface area contributed by atoms with E-state index in [1.807, 2.05) is 26.0 Å². The molecule has 1 fully saturated rings. The quantitative estimate of drug-likeness (QED) is 0.287. The molecule has 1 saturated heterocycles. The van der Waals surface area contributed by atoms with Crippen LogP contribution < -0.4 is 4.74 Å². The van der Waals surface area contributed by atoms with E-state index in [1.54, 1.807) is 31.0 Å². The van der Waals surface area contributed by atoms with Gasteiger partial charge < -0.3 is 14.4 Å². The van der Waals surface area contributed by atoms with Crippen LogP contribution in [-0.2, 0) is 14.8 Å². The number of morpholine rings is 1. The summed E-state index contributed by atoms with van der Waals surface area (Å²) < 4.78 is 41.4. The van der Waals surface area contributed by atoms with E-state index >= 15 is 0 Å². The highest BCUT2D eigenvalue weighted by atomic mass is 32.2. The Hall–Kier alpha value is -3.81. The van der Waals surface area contributed by atoms with E-state index in [9.17, 15) is 23.3 Å². The number of non-ortho nitro benzene ring substituents is 1. The highest BCUT2D eigenvalue weighted by Crippen LogP contribution is 2.37. The van der Waals surface area contributed by atoms with Gasteiger partial charge in [0.1, 0.15) is 10.6 Å². The molecule has 3 aromatic rings. The molecule has 1 aromatic heterocycles. The number of aryl methyl sites for hydroxylation is 1. The maximum atomic E-state index is 13.6. The molecule has 4 rings (SSSR count). The van der Waals surface area contributed by atoms with E-state index < -0.39 is 20.6 Å². The van der Waals surface area contributed by atoms with Gasteiger partial charge in [-0.3, -0.25) is 14.9 Å². The summed E-state index contributed by atoms with van der Waals surface area (Å²) in [5, 5.41) is 16.1. The van der Waals surface area contributed by atoms with Crippen molar-refractivity contribution in [3.05, 3.63) is 69.4 Å². The van der Waals surface area contributed by atoms with Gasteiger partial charge in [-0.2, -0.15) is 14.1 Å². The molecule has 12 nitrogen and oxygen atoms in total. The van der Waals surface area contributed by atoms with Gasteiger partial charge in [0.25, 0.3) is 11.6 Å². The highest BCUT2D eigenvalue weighted by molar-refractivity contribution is 7.89. The van der Waals surface area contributed by atoms with Crippen LogP contribution in [0.2, 0.25) is 0 Å². The number of hydrogen-bond acceptors (Lipinski definition) is 8. The number of nitro groups is 1. The highest BCUT2D eigenvalue weighted by Gasteiger charge is 2.33. The first kappa shape index (κ1) is 28.2. The maximum Gasteiger partial charge on any atom is 0.274 e. The lowest BCUT2D eigenvalue weighted by molar-refractivity contribution is -0.385. The first-order chi connectivity index (χ1) is 18.5. The molecule has 2 heterocycles. The second-order valence-electron chi connectivity index (χ2n) is 9.26. The zero-order valence-corrected chi connectivity index (χ0v) is 23.1. The predicted octanol–water partition coefficient (Wildman–Crippen LogP) is 3.69.